The van der Waals surface area contributed by atoms with Crippen molar-refractivity contribution in [2.24, 2.45) is 0 Å². The number of halogens is 5. The van der Waals surface area contributed by atoms with E-state index >= 15 is 0 Å². The number of benzene rings is 2. The molecule has 2 N–H and O–H groups in total. The molecular weight excluding hydrogens is 389 g/mol. The third-order valence-corrected chi connectivity index (χ3v) is 4.89. The lowest BCUT2D eigenvalue weighted by Crippen LogP contribution is -2.12. The molecule has 0 aromatic heterocycles. The Morgan fingerprint density at radius 3 is 2.52 bits per heavy atom. The van der Waals surface area contributed by atoms with E-state index in [0.717, 1.165) is 18.2 Å². The lowest BCUT2D eigenvalue weighted by Gasteiger charge is -2.13. The first-order valence-electron chi connectivity index (χ1n) is 7.82. The lowest BCUT2D eigenvalue weighted by atomic mass is 10.0. The molecule has 0 aliphatic carbocycles. The first-order valence-corrected chi connectivity index (χ1v) is 8.80. The van der Waals surface area contributed by atoms with Gasteiger partial charge in [-0.2, -0.15) is 13.2 Å². The molecule has 2 rings (SSSR count). The third-order valence-electron chi connectivity index (χ3n) is 3.67. The van der Waals surface area contributed by atoms with Gasteiger partial charge in [0.1, 0.15) is 11.6 Å². The summed E-state index contributed by atoms with van der Waals surface area (Å²) in [5.74, 6) is -3.67. The highest BCUT2D eigenvalue weighted by Crippen LogP contribution is 2.32. The van der Waals surface area contributed by atoms with Crippen LogP contribution in [0.5, 0.6) is 0 Å². The van der Waals surface area contributed by atoms with Crippen LogP contribution in [0, 0.1) is 18.6 Å². The summed E-state index contributed by atoms with van der Waals surface area (Å²) in [6.45, 7) is 1.64. The number of aryl methyl sites for hydroxylation is 1. The molecule has 0 aliphatic heterocycles. The molecule has 0 heterocycles. The quantitative estimate of drug-likeness (QED) is 0.486. The number of carboxylic acid groups (broad SMARTS) is 1. The van der Waals surface area contributed by atoms with Crippen molar-refractivity contribution in [3.8, 4) is 0 Å². The van der Waals surface area contributed by atoms with Crippen molar-refractivity contribution in [1.82, 2.24) is 0 Å². The summed E-state index contributed by atoms with van der Waals surface area (Å²) in [6.07, 6.45) is -4.17. The van der Waals surface area contributed by atoms with Gasteiger partial charge in [-0.05, 0) is 48.7 Å². The van der Waals surface area contributed by atoms with Crippen molar-refractivity contribution in [3.05, 3.63) is 58.7 Å². The van der Waals surface area contributed by atoms with E-state index in [1.54, 1.807) is 0 Å². The summed E-state index contributed by atoms with van der Waals surface area (Å²) in [7, 11) is 0. The molecule has 0 saturated heterocycles. The fourth-order valence-electron chi connectivity index (χ4n) is 2.40. The van der Waals surface area contributed by atoms with Crippen molar-refractivity contribution >= 4 is 23.4 Å². The molecule has 2 aromatic rings. The standard InChI is InChI=1S/C18H16F5NO2S/c1-10-6-14(20)15(8-16(10)27-9-18(21,22)23)24-5-4-11-2-3-12(19)7-13(11)17(25)26/h2-3,6-8,24H,4-5,9H2,1H3,(H,25,26). The number of nitrogens with one attached hydrogen (secondary N) is 1. The van der Waals surface area contributed by atoms with Gasteiger partial charge in [-0.1, -0.05) is 6.07 Å². The average Bonchev–Trinajstić information content (AvgIpc) is 2.56. The Bertz CT molecular complexity index is 839. The van der Waals surface area contributed by atoms with Gasteiger partial charge in [-0.3, -0.25) is 0 Å². The minimum atomic E-state index is -4.34. The maximum atomic E-state index is 14.1. The second-order valence-electron chi connectivity index (χ2n) is 5.78. The Hall–Kier alpha value is -2.29. The number of aromatic carboxylic acids is 1. The van der Waals surface area contributed by atoms with E-state index in [4.69, 9.17) is 5.11 Å². The Labute approximate surface area is 156 Å². The van der Waals surface area contributed by atoms with Crippen LogP contribution in [0.15, 0.2) is 35.2 Å². The van der Waals surface area contributed by atoms with Crippen LogP contribution in [0.4, 0.5) is 27.6 Å². The first kappa shape index (κ1) is 21.0. The molecule has 0 unspecified atom stereocenters. The van der Waals surface area contributed by atoms with Crippen molar-refractivity contribution in [3.63, 3.8) is 0 Å². The van der Waals surface area contributed by atoms with E-state index in [0.29, 0.717) is 27.8 Å². The fraction of sp³-hybridized carbons (Fsp3) is 0.278. The molecule has 0 atom stereocenters. The molecule has 0 radical (unpaired) electrons. The number of carboxylic acids is 1. The van der Waals surface area contributed by atoms with Crippen LogP contribution in [0.3, 0.4) is 0 Å². The lowest BCUT2D eigenvalue weighted by molar-refractivity contribution is -0.105. The maximum absolute atomic E-state index is 14.1. The Balaban J connectivity index is 2.09. The molecule has 0 bridgehead atoms. The van der Waals surface area contributed by atoms with Crippen molar-refractivity contribution in [1.29, 1.82) is 0 Å². The summed E-state index contributed by atoms with van der Waals surface area (Å²) < 4.78 is 64.4. The predicted molar refractivity (Wildman–Crippen MR) is 93.5 cm³/mol. The van der Waals surface area contributed by atoms with Crippen LogP contribution < -0.4 is 5.32 Å². The highest BCUT2D eigenvalue weighted by molar-refractivity contribution is 7.99. The SMILES string of the molecule is Cc1cc(F)c(NCCc2ccc(F)cc2C(=O)O)cc1SCC(F)(F)F. The van der Waals surface area contributed by atoms with Gasteiger partial charge >= 0.3 is 12.1 Å². The van der Waals surface area contributed by atoms with Crippen LogP contribution in [0.25, 0.3) is 0 Å². The first-order chi connectivity index (χ1) is 12.6. The van der Waals surface area contributed by atoms with E-state index in [-0.39, 0.29) is 24.2 Å². The zero-order valence-electron chi connectivity index (χ0n) is 14.2. The topological polar surface area (TPSA) is 49.3 Å². The second kappa shape index (κ2) is 8.60. The molecule has 27 heavy (non-hydrogen) atoms. The number of alkyl halides is 3. The molecule has 0 aliphatic rings. The molecule has 0 spiro atoms. The van der Waals surface area contributed by atoms with Crippen LogP contribution in [-0.2, 0) is 6.42 Å². The van der Waals surface area contributed by atoms with Crippen LogP contribution >= 0.6 is 11.8 Å². The summed E-state index contributed by atoms with van der Waals surface area (Å²) in [4.78, 5) is 11.5. The zero-order valence-corrected chi connectivity index (χ0v) is 15.0. The van der Waals surface area contributed by atoms with Gasteiger partial charge in [0.15, 0.2) is 0 Å². The zero-order chi connectivity index (χ0) is 20.2. The van der Waals surface area contributed by atoms with Crippen molar-refractivity contribution in [2.45, 2.75) is 24.4 Å². The van der Waals surface area contributed by atoms with E-state index in [1.807, 2.05) is 0 Å². The Morgan fingerprint density at radius 2 is 1.89 bits per heavy atom. The largest absolute Gasteiger partial charge is 0.478 e. The molecule has 0 amide bonds. The van der Waals surface area contributed by atoms with Crippen LogP contribution in [0.1, 0.15) is 21.5 Å². The van der Waals surface area contributed by atoms with Gasteiger partial charge in [0.05, 0.1) is 17.0 Å². The molecule has 2 aromatic carbocycles. The number of thioether (sulfide) groups is 1. The monoisotopic (exact) mass is 405 g/mol. The van der Waals surface area contributed by atoms with Gasteiger partial charge in [0, 0.05) is 11.4 Å². The van der Waals surface area contributed by atoms with Crippen LogP contribution in [0.2, 0.25) is 0 Å². The molecule has 9 heteroatoms. The summed E-state index contributed by atoms with van der Waals surface area (Å²) in [5.41, 5.74) is 0.571. The van der Waals surface area contributed by atoms with E-state index in [1.165, 1.54) is 19.1 Å². The van der Waals surface area contributed by atoms with E-state index in [2.05, 4.69) is 5.32 Å². The maximum Gasteiger partial charge on any atom is 0.398 e. The Kier molecular flexibility index (Phi) is 6.69. The highest BCUT2D eigenvalue weighted by Gasteiger charge is 2.27. The molecule has 146 valence electrons. The number of rotatable bonds is 7. The predicted octanol–water partition coefficient (Wildman–Crippen LogP) is 5.28. The normalized spacial score (nSPS) is 11.5. The van der Waals surface area contributed by atoms with Gasteiger partial charge in [0.2, 0.25) is 0 Å². The summed E-state index contributed by atoms with van der Waals surface area (Å²) in [6, 6.07) is 5.79. The molecular formula is C18H16F5NO2S. The van der Waals surface area contributed by atoms with Gasteiger partial charge in [-0.25, -0.2) is 13.6 Å². The van der Waals surface area contributed by atoms with E-state index in [9.17, 15) is 26.7 Å². The number of hydrogen-bond donors (Lipinski definition) is 2. The minimum absolute atomic E-state index is 0.0178. The summed E-state index contributed by atoms with van der Waals surface area (Å²) >= 11 is 0.564. The molecule has 3 nitrogen and oxygen atoms in total. The van der Waals surface area contributed by atoms with Gasteiger partial charge in [-0.15, -0.1) is 11.8 Å². The second-order valence-corrected chi connectivity index (χ2v) is 6.80. The van der Waals surface area contributed by atoms with Crippen molar-refractivity contribution in [2.75, 3.05) is 17.6 Å². The third kappa shape index (κ3) is 6.13. The minimum Gasteiger partial charge on any atom is -0.478 e. The van der Waals surface area contributed by atoms with Crippen LogP contribution in [-0.4, -0.2) is 29.5 Å². The number of hydrogen-bond acceptors (Lipinski definition) is 3. The average molecular weight is 405 g/mol. The van der Waals surface area contributed by atoms with Crippen molar-refractivity contribution < 1.29 is 31.9 Å². The van der Waals surface area contributed by atoms with Gasteiger partial charge in [0.25, 0.3) is 0 Å². The highest BCUT2D eigenvalue weighted by atomic mass is 32.2. The Morgan fingerprint density at radius 1 is 1.19 bits per heavy atom. The fourth-order valence-corrected chi connectivity index (χ4v) is 3.21. The van der Waals surface area contributed by atoms with Gasteiger partial charge < -0.3 is 10.4 Å². The number of carbonyl (C=O) groups is 1. The molecule has 0 saturated carbocycles. The molecule has 0 fully saturated rings. The number of anilines is 1. The summed E-state index contributed by atoms with van der Waals surface area (Å²) in [5, 5.41) is 11.9. The smallest absolute Gasteiger partial charge is 0.398 e. The van der Waals surface area contributed by atoms with E-state index < -0.39 is 29.5 Å².